The smallest absolute Gasteiger partial charge is 0.354 e. The second kappa shape index (κ2) is 3.52. The first-order valence-electron chi connectivity index (χ1n) is 7.19. The van der Waals surface area contributed by atoms with Crippen LogP contribution < -0.4 is 0 Å². The second-order valence-electron chi connectivity index (χ2n) is 6.26. The van der Waals surface area contributed by atoms with Crippen molar-refractivity contribution in [2.75, 3.05) is 13.2 Å². The molecule has 3 aliphatic rings. The number of piperidine rings is 1. The molecule has 0 unspecified atom stereocenters. The first-order chi connectivity index (χ1) is 8.52. The Morgan fingerprint density at radius 3 is 2.78 bits per heavy atom. The van der Waals surface area contributed by atoms with Gasteiger partial charge in [0.1, 0.15) is 5.70 Å². The Kier molecular flexibility index (Phi) is 2.36. The number of hydrogen-bond acceptors (Lipinski definition) is 3. The van der Waals surface area contributed by atoms with E-state index < -0.39 is 0 Å². The molecular weight excluding hydrogens is 226 g/mol. The van der Waals surface area contributed by atoms with Gasteiger partial charge in [0.2, 0.25) is 0 Å². The molecule has 0 N–H and O–H groups in total. The minimum absolute atomic E-state index is 0.0985. The molecule has 3 heteroatoms. The van der Waals surface area contributed by atoms with Gasteiger partial charge in [0.15, 0.2) is 0 Å². The molecule has 0 radical (unpaired) electrons. The fourth-order valence-electron chi connectivity index (χ4n) is 4.62. The molecule has 0 amide bonds. The monoisotopic (exact) mass is 249 g/mol. The van der Waals surface area contributed by atoms with Crippen molar-refractivity contribution in [2.45, 2.75) is 53.0 Å². The molecule has 0 spiro atoms. The Hall–Kier alpha value is -0.990. The summed E-state index contributed by atoms with van der Waals surface area (Å²) in [5, 5.41) is 0. The quantitative estimate of drug-likeness (QED) is 0.717. The lowest BCUT2D eigenvalue weighted by atomic mass is 9.84. The summed E-state index contributed by atoms with van der Waals surface area (Å²) in [5.41, 5.74) is 2.92. The Bertz CT molecular complexity index is 442. The van der Waals surface area contributed by atoms with Crippen LogP contribution in [0.1, 0.15) is 47.0 Å². The molecule has 3 atom stereocenters. The molecule has 3 rings (SSSR count). The van der Waals surface area contributed by atoms with Gasteiger partial charge in [-0.05, 0) is 25.3 Å². The minimum Gasteiger partial charge on any atom is -0.461 e. The molecule has 0 aromatic carbocycles. The maximum Gasteiger partial charge on any atom is 0.354 e. The Morgan fingerprint density at radius 1 is 1.44 bits per heavy atom. The van der Waals surface area contributed by atoms with Crippen LogP contribution in [0.25, 0.3) is 0 Å². The normalized spacial score (nSPS) is 40.2. The third-order valence-corrected chi connectivity index (χ3v) is 5.61. The van der Waals surface area contributed by atoms with Crippen molar-refractivity contribution in [3.05, 3.63) is 11.3 Å². The summed E-state index contributed by atoms with van der Waals surface area (Å²) in [6.45, 7) is 10.3. The molecule has 1 saturated heterocycles. The minimum atomic E-state index is -0.0985. The fraction of sp³-hybridized carbons (Fsp3) is 0.800. The van der Waals surface area contributed by atoms with E-state index in [-0.39, 0.29) is 11.4 Å². The highest BCUT2D eigenvalue weighted by Crippen LogP contribution is 2.79. The standard InChI is InChI=1S/C15H23NO2/c1-5-7-10-11(12(17)18-6-2)16-9-8-14(3)13(16)15(10,14)4/h13H,5-9H2,1-4H3/t13-,14+,15-/m0/s1. The number of hydrogen-bond donors (Lipinski definition) is 0. The van der Waals surface area contributed by atoms with E-state index in [1.54, 1.807) is 0 Å². The summed E-state index contributed by atoms with van der Waals surface area (Å²) < 4.78 is 5.26. The molecule has 3 nitrogen and oxygen atoms in total. The Balaban J connectivity index is 2.01. The van der Waals surface area contributed by atoms with Crippen LogP contribution in [0.5, 0.6) is 0 Å². The first kappa shape index (κ1) is 12.1. The topological polar surface area (TPSA) is 29.5 Å². The van der Waals surface area contributed by atoms with Crippen molar-refractivity contribution in [3.8, 4) is 0 Å². The lowest BCUT2D eigenvalue weighted by Crippen LogP contribution is -2.27. The summed E-state index contributed by atoms with van der Waals surface area (Å²) in [5.74, 6) is -0.0985. The highest BCUT2D eigenvalue weighted by atomic mass is 16.5. The molecule has 2 fully saturated rings. The number of carbonyl (C=O) groups is 1. The zero-order valence-electron chi connectivity index (χ0n) is 11.9. The average Bonchev–Trinajstić information content (AvgIpc) is 2.60. The summed E-state index contributed by atoms with van der Waals surface area (Å²) in [6.07, 6.45) is 3.35. The molecule has 0 aromatic rings. The number of nitrogens with zero attached hydrogens (tertiary/aromatic N) is 1. The number of rotatable bonds is 4. The van der Waals surface area contributed by atoms with Crippen LogP contribution in [-0.4, -0.2) is 30.1 Å². The van der Waals surface area contributed by atoms with E-state index in [1.807, 2.05) is 6.92 Å². The van der Waals surface area contributed by atoms with Gasteiger partial charge in [-0.15, -0.1) is 0 Å². The molecular formula is C15H23NO2. The highest BCUT2D eigenvalue weighted by molar-refractivity contribution is 5.91. The predicted octanol–water partition coefficient (Wildman–Crippen LogP) is 2.72. The first-order valence-corrected chi connectivity index (χ1v) is 7.19. The van der Waals surface area contributed by atoms with Crippen LogP contribution in [0.4, 0.5) is 0 Å². The Labute approximate surface area is 109 Å². The third kappa shape index (κ3) is 1.09. The van der Waals surface area contributed by atoms with Crippen LogP contribution in [0, 0.1) is 10.8 Å². The fourth-order valence-corrected chi connectivity index (χ4v) is 4.62. The van der Waals surface area contributed by atoms with Crippen LogP contribution >= 0.6 is 0 Å². The van der Waals surface area contributed by atoms with E-state index >= 15 is 0 Å². The van der Waals surface area contributed by atoms with Gasteiger partial charge in [0.05, 0.1) is 6.61 Å². The Morgan fingerprint density at radius 2 is 2.17 bits per heavy atom. The van der Waals surface area contributed by atoms with Crippen molar-refractivity contribution >= 4 is 5.97 Å². The lowest BCUT2D eigenvalue weighted by molar-refractivity contribution is -0.140. The number of fused-ring (bicyclic) bond motifs is 1. The zero-order valence-corrected chi connectivity index (χ0v) is 11.9. The van der Waals surface area contributed by atoms with E-state index in [0.717, 1.165) is 25.1 Å². The molecule has 1 aliphatic carbocycles. The van der Waals surface area contributed by atoms with Crippen LogP contribution in [0.2, 0.25) is 0 Å². The van der Waals surface area contributed by atoms with Gasteiger partial charge in [-0.25, -0.2) is 4.79 Å². The number of ether oxygens (including phenoxy) is 1. The van der Waals surface area contributed by atoms with Gasteiger partial charge < -0.3 is 9.64 Å². The van der Waals surface area contributed by atoms with Gasteiger partial charge in [0.25, 0.3) is 0 Å². The summed E-state index contributed by atoms with van der Waals surface area (Å²) in [4.78, 5) is 14.5. The van der Waals surface area contributed by atoms with Crippen molar-refractivity contribution in [1.29, 1.82) is 0 Å². The SMILES string of the molecule is CCCC1=C(C(=O)OCC)N2CC[C@]3(C)[C@H]2[C@]13C. The zero-order chi connectivity index (χ0) is 13.1. The molecule has 0 aromatic heterocycles. The van der Waals surface area contributed by atoms with E-state index in [2.05, 4.69) is 25.7 Å². The van der Waals surface area contributed by atoms with Gasteiger partial charge in [-0.2, -0.15) is 0 Å². The molecule has 1 saturated carbocycles. The summed E-state index contributed by atoms with van der Waals surface area (Å²) in [6, 6.07) is 0.561. The molecule has 18 heavy (non-hydrogen) atoms. The number of esters is 1. The van der Waals surface area contributed by atoms with E-state index in [9.17, 15) is 4.79 Å². The third-order valence-electron chi connectivity index (χ3n) is 5.61. The summed E-state index contributed by atoms with van der Waals surface area (Å²) >= 11 is 0. The maximum atomic E-state index is 12.2. The lowest BCUT2D eigenvalue weighted by Gasteiger charge is -2.20. The van der Waals surface area contributed by atoms with Crippen molar-refractivity contribution < 1.29 is 9.53 Å². The molecule has 0 bridgehead atoms. The second-order valence-corrected chi connectivity index (χ2v) is 6.26. The highest BCUT2D eigenvalue weighted by Gasteiger charge is 2.81. The largest absolute Gasteiger partial charge is 0.461 e. The van der Waals surface area contributed by atoms with Crippen LogP contribution in [0.3, 0.4) is 0 Å². The summed E-state index contributed by atoms with van der Waals surface area (Å²) in [7, 11) is 0. The van der Waals surface area contributed by atoms with Crippen LogP contribution in [0.15, 0.2) is 11.3 Å². The molecule has 2 aliphatic heterocycles. The van der Waals surface area contributed by atoms with E-state index in [0.29, 0.717) is 18.1 Å². The van der Waals surface area contributed by atoms with Gasteiger partial charge >= 0.3 is 5.97 Å². The van der Waals surface area contributed by atoms with Gasteiger partial charge in [-0.1, -0.05) is 27.2 Å². The van der Waals surface area contributed by atoms with Gasteiger partial charge in [0, 0.05) is 23.4 Å². The van der Waals surface area contributed by atoms with Crippen molar-refractivity contribution in [3.63, 3.8) is 0 Å². The van der Waals surface area contributed by atoms with Gasteiger partial charge in [-0.3, -0.25) is 0 Å². The van der Waals surface area contributed by atoms with E-state index in [1.165, 1.54) is 12.0 Å². The average molecular weight is 249 g/mol. The van der Waals surface area contributed by atoms with Crippen LogP contribution in [-0.2, 0) is 9.53 Å². The maximum absolute atomic E-state index is 12.2. The molecule has 2 heterocycles. The number of carbonyl (C=O) groups excluding carboxylic acids is 1. The molecule has 100 valence electrons. The predicted molar refractivity (Wildman–Crippen MR) is 69.9 cm³/mol. The van der Waals surface area contributed by atoms with Crippen molar-refractivity contribution in [2.24, 2.45) is 10.8 Å². The van der Waals surface area contributed by atoms with E-state index in [4.69, 9.17) is 4.74 Å². The van der Waals surface area contributed by atoms with Crippen molar-refractivity contribution in [1.82, 2.24) is 4.90 Å².